The van der Waals surface area contributed by atoms with E-state index in [4.69, 9.17) is 9.84 Å². The fourth-order valence-corrected chi connectivity index (χ4v) is 4.44. The van der Waals surface area contributed by atoms with Crippen molar-refractivity contribution in [3.05, 3.63) is 24.3 Å². The maximum Gasteiger partial charge on any atom is 0.333 e. The third-order valence-electron chi connectivity index (χ3n) is 5.00. The number of ether oxygens (including phenoxy) is 1. The minimum atomic E-state index is -0.935. The van der Waals surface area contributed by atoms with Crippen molar-refractivity contribution in [2.24, 2.45) is 17.8 Å². The molecule has 4 heteroatoms. The van der Waals surface area contributed by atoms with Gasteiger partial charge in [-0.05, 0) is 70.1 Å². The van der Waals surface area contributed by atoms with Gasteiger partial charge in [0.1, 0.15) is 5.60 Å². The Morgan fingerprint density at radius 2 is 1.32 bits per heavy atom. The number of esters is 1. The second-order valence-corrected chi connectivity index (χ2v) is 7.36. The normalized spacial score (nSPS) is 34.4. The molecule has 0 spiro atoms. The van der Waals surface area contributed by atoms with E-state index in [2.05, 4.69) is 13.2 Å². The molecule has 4 bridgehead atoms. The SMILES string of the molecule is C=C(C)C(=O)O.C=C(C)C(=O)OC12CC3CC(CC(C3)C1)C2. The molecular formula is C18H26O4. The number of carbonyl (C=O) groups is 2. The molecule has 4 saturated carbocycles. The van der Waals surface area contributed by atoms with E-state index in [1.807, 2.05) is 0 Å². The van der Waals surface area contributed by atoms with Crippen LogP contribution in [0.1, 0.15) is 52.4 Å². The first kappa shape index (κ1) is 16.8. The predicted molar refractivity (Wildman–Crippen MR) is 84.3 cm³/mol. The van der Waals surface area contributed by atoms with Crippen LogP contribution in [0.5, 0.6) is 0 Å². The summed E-state index contributed by atoms with van der Waals surface area (Å²) in [6, 6.07) is 0. The van der Waals surface area contributed by atoms with Crippen LogP contribution in [0.2, 0.25) is 0 Å². The Balaban J connectivity index is 0.000000254. The Morgan fingerprint density at radius 1 is 0.955 bits per heavy atom. The van der Waals surface area contributed by atoms with Gasteiger partial charge in [-0.1, -0.05) is 13.2 Å². The van der Waals surface area contributed by atoms with Crippen LogP contribution in [0.3, 0.4) is 0 Å². The van der Waals surface area contributed by atoms with Crippen LogP contribution in [-0.4, -0.2) is 22.6 Å². The second kappa shape index (κ2) is 6.27. The van der Waals surface area contributed by atoms with Crippen LogP contribution in [0.25, 0.3) is 0 Å². The maximum absolute atomic E-state index is 11.7. The molecule has 0 aliphatic heterocycles. The molecule has 4 aliphatic rings. The molecule has 122 valence electrons. The van der Waals surface area contributed by atoms with Crippen LogP contribution >= 0.6 is 0 Å². The van der Waals surface area contributed by atoms with Crippen molar-refractivity contribution >= 4 is 11.9 Å². The van der Waals surface area contributed by atoms with Crippen molar-refractivity contribution in [1.29, 1.82) is 0 Å². The molecule has 0 aromatic rings. The van der Waals surface area contributed by atoms with Crippen molar-refractivity contribution in [2.45, 2.75) is 58.0 Å². The first-order valence-electron chi connectivity index (χ1n) is 7.98. The quantitative estimate of drug-likeness (QED) is 0.637. The molecule has 4 nitrogen and oxygen atoms in total. The van der Waals surface area contributed by atoms with Gasteiger partial charge in [-0.25, -0.2) is 9.59 Å². The fraction of sp³-hybridized carbons (Fsp3) is 0.667. The van der Waals surface area contributed by atoms with Crippen molar-refractivity contribution in [3.63, 3.8) is 0 Å². The van der Waals surface area contributed by atoms with E-state index in [-0.39, 0.29) is 17.1 Å². The molecule has 1 N–H and O–H groups in total. The summed E-state index contributed by atoms with van der Waals surface area (Å²) in [4.78, 5) is 21.3. The van der Waals surface area contributed by atoms with Gasteiger partial charge in [0.2, 0.25) is 0 Å². The van der Waals surface area contributed by atoms with Crippen LogP contribution in [0, 0.1) is 17.8 Å². The first-order valence-corrected chi connectivity index (χ1v) is 7.98. The summed E-state index contributed by atoms with van der Waals surface area (Å²) in [7, 11) is 0. The van der Waals surface area contributed by atoms with Crippen LogP contribution in [-0.2, 0) is 14.3 Å². The van der Waals surface area contributed by atoms with Crippen molar-refractivity contribution in [2.75, 3.05) is 0 Å². The Labute approximate surface area is 132 Å². The molecule has 22 heavy (non-hydrogen) atoms. The maximum atomic E-state index is 11.7. The van der Waals surface area contributed by atoms with Gasteiger partial charge in [0.15, 0.2) is 0 Å². The fourth-order valence-electron chi connectivity index (χ4n) is 4.44. The molecule has 0 atom stereocenters. The Kier molecular flexibility index (Phi) is 4.78. The number of carbonyl (C=O) groups excluding carboxylic acids is 1. The second-order valence-electron chi connectivity index (χ2n) is 7.36. The Hall–Kier alpha value is -1.58. The zero-order valence-corrected chi connectivity index (χ0v) is 13.6. The average molecular weight is 306 g/mol. The number of carboxylic acid groups (broad SMARTS) is 1. The van der Waals surface area contributed by atoms with Crippen molar-refractivity contribution in [3.8, 4) is 0 Å². The zero-order chi connectivity index (χ0) is 16.5. The number of rotatable bonds is 3. The highest BCUT2D eigenvalue weighted by molar-refractivity contribution is 5.87. The van der Waals surface area contributed by atoms with E-state index in [1.54, 1.807) is 6.92 Å². The molecule has 0 heterocycles. The zero-order valence-electron chi connectivity index (χ0n) is 13.6. The third kappa shape index (κ3) is 3.79. The van der Waals surface area contributed by atoms with E-state index in [1.165, 1.54) is 26.2 Å². The van der Waals surface area contributed by atoms with E-state index in [9.17, 15) is 9.59 Å². The van der Waals surface area contributed by atoms with Gasteiger partial charge >= 0.3 is 11.9 Å². The van der Waals surface area contributed by atoms with Gasteiger partial charge in [-0.15, -0.1) is 0 Å². The van der Waals surface area contributed by atoms with Crippen LogP contribution in [0.4, 0.5) is 0 Å². The lowest BCUT2D eigenvalue weighted by atomic mass is 9.54. The minimum Gasteiger partial charge on any atom is -0.478 e. The van der Waals surface area contributed by atoms with Gasteiger partial charge in [0, 0.05) is 11.1 Å². The minimum absolute atomic E-state index is 0.106. The molecule has 4 fully saturated rings. The lowest BCUT2D eigenvalue weighted by Crippen LogP contribution is -2.52. The highest BCUT2D eigenvalue weighted by Gasteiger charge is 2.53. The van der Waals surface area contributed by atoms with Crippen molar-refractivity contribution < 1.29 is 19.4 Å². The number of hydrogen-bond donors (Lipinski definition) is 1. The molecule has 0 unspecified atom stereocenters. The molecule has 0 aromatic carbocycles. The third-order valence-corrected chi connectivity index (χ3v) is 5.00. The average Bonchev–Trinajstić information content (AvgIpc) is 2.36. The smallest absolute Gasteiger partial charge is 0.333 e. The molecule has 4 rings (SSSR count). The lowest BCUT2D eigenvalue weighted by molar-refractivity contribution is -0.182. The summed E-state index contributed by atoms with van der Waals surface area (Å²) in [5.41, 5.74) is 0.607. The Morgan fingerprint density at radius 3 is 1.59 bits per heavy atom. The van der Waals surface area contributed by atoms with Crippen LogP contribution in [0.15, 0.2) is 24.3 Å². The summed E-state index contributed by atoms with van der Waals surface area (Å²) in [5, 5.41) is 7.89. The number of aliphatic carboxylic acids is 1. The Bertz CT molecular complexity index is 456. The topological polar surface area (TPSA) is 63.6 Å². The largest absolute Gasteiger partial charge is 0.478 e. The van der Waals surface area contributed by atoms with Crippen LogP contribution < -0.4 is 0 Å². The molecule has 4 aliphatic carbocycles. The number of carboxylic acids is 1. The summed E-state index contributed by atoms with van der Waals surface area (Å²) in [5.74, 6) is 1.36. The summed E-state index contributed by atoms with van der Waals surface area (Å²) in [6.45, 7) is 10.0. The van der Waals surface area contributed by atoms with Gasteiger partial charge < -0.3 is 9.84 Å². The van der Waals surface area contributed by atoms with E-state index >= 15 is 0 Å². The summed E-state index contributed by atoms with van der Waals surface area (Å²) >= 11 is 0. The number of hydrogen-bond acceptors (Lipinski definition) is 3. The van der Waals surface area contributed by atoms with E-state index in [0.29, 0.717) is 5.57 Å². The molecule has 0 radical (unpaired) electrons. The van der Waals surface area contributed by atoms with Gasteiger partial charge in [-0.3, -0.25) is 0 Å². The van der Waals surface area contributed by atoms with Crippen molar-refractivity contribution in [1.82, 2.24) is 0 Å². The lowest BCUT2D eigenvalue weighted by Gasteiger charge is -2.55. The van der Waals surface area contributed by atoms with E-state index < -0.39 is 5.97 Å². The first-order chi connectivity index (χ1) is 10.2. The summed E-state index contributed by atoms with van der Waals surface area (Å²) < 4.78 is 5.77. The van der Waals surface area contributed by atoms with Gasteiger partial charge in [0.05, 0.1) is 0 Å². The summed E-state index contributed by atoms with van der Waals surface area (Å²) in [6.07, 6.45) is 7.46. The van der Waals surface area contributed by atoms with Gasteiger partial charge in [0.25, 0.3) is 0 Å². The monoisotopic (exact) mass is 306 g/mol. The molecule has 0 saturated heterocycles. The van der Waals surface area contributed by atoms with E-state index in [0.717, 1.165) is 37.0 Å². The van der Waals surface area contributed by atoms with Gasteiger partial charge in [-0.2, -0.15) is 0 Å². The predicted octanol–water partition coefficient (Wildman–Crippen LogP) is 3.72. The highest BCUT2D eigenvalue weighted by atomic mass is 16.6. The molecular weight excluding hydrogens is 280 g/mol. The highest BCUT2D eigenvalue weighted by Crippen LogP contribution is 2.57. The standard InChI is InChI=1S/C14H20O2.C4H6O2/c1-9(2)13(15)16-14-6-10-3-11(7-14)5-12(4-10)8-14;1-3(2)4(5)6/h10-12H,1,3-8H2,2H3;1H2,2H3,(H,5,6). The molecule has 0 amide bonds. The molecule has 0 aromatic heterocycles.